The third-order valence-corrected chi connectivity index (χ3v) is 3.24. The van der Waals surface area contributed by atoms with Crippen molar-refractivity contribution in [3.05, 3.63) is 11.6 Å². The van der Waals surface area contributed by atoms with Gasteiger partial charge in [0.05, 0.1) is 11.4 Å². The molecule has 0 N–H and O–H groups in total. The lowest BCUT2D eigenvalue weighted by Gasteiger charge is -2.17. The third kappa shape index (κ3) is 4.76. The molecule has 0 spiro atoms. The van der Waals surface area contributed by atoms with E-state index in [1.54, 1.807) is 0 Å². The second kappa shape index (κ2) is 6.75. The Bertz CT molecular complexity index is 362. The minimum absolute atomic E-state index is 0.0661. The fourth-order valence-corrected chi connectivity index (χ4v) is 2.31. The molecule has 3 heteroatoms. The molecule has 0 bridgehead atoms. The van der Waals surface area contributed by atoms with Gasteiger partial charge in [0.1, 0.15) is 6.10 Å². The fraction of sp³-hybridized carbons (Fsp3) is 0.733. The highest BCUT2D eigenvalue weighted by molar-refractivity contribution is 9.09. The van der Waals surface area contributed by atoms with Crippen LogP contribution in [-0.2, 0) is 9.47 Å². The quantitative estimate of drug-likeness (QED) is 0.447. The summed E-state index contributed by atoms with van der Waals surface area (Å²) in [5.74, 6) is 6.14. The number of allylic oxidation sites excluding steroid dienone is 1. The molecule has 1 heterocycles. The molecule has 102 valence electrons. The molecule has 1 rings (SSSR count). The van der Waals surface area contributed by atoms with Gasteiger partial charge in [-0.05, 0) is 39.7 Å². The first-order valence-corrected chi connectivity index (χ1v) is 7.54. The normalized spacial score (nSPS) is 28.7. The fourth-order valence-electron chi connectivity index (χ4n) is 2.15. The van der Waals surface area contributed by atoms with Gasteiger partial charge >= 0.3 is 0 Å². The molecule has 0 aliphatic carbocycles. The largest absolute Gasteiger partial charge is 0.345 e. The highest BCUT2D eigenvalue weighted by Gasteiger charge is 2.39. The van der Waals surface area contributed by atoms with E-state index in [0.717, 1.165) is 11.8 Å². The van der Waals surface area contributed by atoms with Crippen LogP contribution >= 0.6 is 15.9 Å². The summed E-state index contributed by atoms with van der Waals surface area (Å²) in [4.78, 5) is 0. The van der Waals surface area contributed by atoms with E-state index in [9.17, 15) is 0 Å². The Morgan fingerprint density at radius 2 is 2.11 bits per heavy atom. The summed E-state index contributed by atoms with van der Waals surface area (Å²) in [6.07, 6.45) is 3.36. The van der Waals surface area contributed by atoms with Crippen LogP contribution in [0.2, 0.25) is 0 Å². The smallest absolute Gasteiger partial charge is 0.164 e. The molecule has 1 fully saturated rings. The van der Waals surface area contributed by atoms with Crippen LogP contribution in [0.5, 0.6) is 0 Å². The molecule has 0 aromatic heterocycles. The molecule has 1 aliphatic heterocycles. The van der Waals surface area contributed by atoms with Crippen molar-refractivity contribution in [2.45, 2.75) is 59.0 Å². The Morgan fingerprint density at radius 1 is 1.44 bits per heavy atom. The zero-order valence-electron chi connectivity index (χ0n) is 11.9. The van der Waals surface area contributed by atoms with Crippen LogP contribution in [0.25, 0.3) is 0 Å². The predicted octanol–water partition coefficient (Wildman–Crippen LogP) is 3.90. The van der Waals surface area contributed by atoms with Crippen LogP contribution in [0.1, 0.15) is 41.0 Å². The molecule has 0 aromatic rings. The van der Waals surface area contributed by atoms with Gasteiger partial charge in [-0.3, -0.25) is 0 Å². The summed E-state index contributed by atoms with van der Waals surface area (Å²) >= 11 is 3.31. The summed E-state index contributed by atoms with van der Waals surface area (Å²) in [5, 5.41) is 0.741. The van der Waals surface area contributed by atoms with E-state index in [1.165, 1.54) is 5.57 Å². The maximum absolute atomic E-state index is 5.90. The van der Waals surface area contributed by atoms with Crippen molar-refractivity contribution in [3.63, 3.8) is 0 Å². The predicted molar refractivity (Wildman–Crippen MR) is 78.6 cm³/mol. The number of rotatable bonds is 3. The summed E-state index contributed by atoms with van der Waals surface area (Å²) in [7, 11) is 0. The van der Waals surface area contributed by atoms with E-state index >= 15 is 0 Å². The van der Waals surface area contributed by atoms with Gasteiger partial charge in [0, 0.05) is 5.92 Å². The molecule has 0 aromatic carbocycles. The van der Waals surface area contributed by atoms with E-state index < -0.39 is 5.79 Å². The van der Waals surface area contributed by atoms with Crippen LogP contribution in [-0.4, -0.2) is 23.3 Å². The van der Waals surface area contributed by atoms with Gasteiger partial charge in [-0.25, -0.2) is 0 Å². The van der Waals surface area contributed by atoms with E-state index in [4.69, 9.17) is 9.47 Å². The van der Waals surface area contributed by atoms with Crippen molar-refractivity contribution >= 4 is 15.9 Å². The zero-order valence-corrected chi connectivity index (χ0v) is 13.5. The maximum Gasteiger partial charge on any atom is 0.164 e. The molecule has 0 saturated carbocycles. The minimum Gasteiger partial charge on any atom is -0.345 e. The molecule has 1 aliphatic rings. The Labute approximate surface area is 119 Å². The number of alkyl halides is 1. The van der Waals surface area contributed by atoms with E-state index in [-0.39, 0.29) is 12.2 Å². The lowest BCUT2D eigenvalue weighted by Crippen LogP contribution is -2.22. The Hall–Kier alpha value is -0.300. The summed E-state index contributed by atoms with van der Waals surface area (Å²) in [6.45, 7) is 10.2. The monoisotopic (exact) mass is 314 g/mol. The average Bonchev–Trinajstić information content (AvgIpc) is 2.57. The number of ether oxygens (including phenoxy) is 2. The topological polar surface area (TPSA) is 18.5 Å². The molecular weight excluding hydrogens is 292 g/mol. The van der Waals surface area contributed by atoms with Crippen LogP contribution in [0.15, 0.2) is 11.6 Å². The highest BCUT2D eigenvalue weighted by Crippen LogP contribution is 2.31. The molecular formula is C15H23BrO2. The number of hydrogen-bond acceptors (Lipinski definition) is 2. The summed E-state index contributed by atoms with van der Waals surface area (Å²) in [6, 6.07) is 0. The first-order valence-electron chi connectivity index (χ1n) is 6.42. The van der Waals surface area contributed by atoms with Gasteiger partial charge in [-0.2, -0.15) is 0 Å². The van der Waals surface area contributed by atoms with E-state index in [1.807, 2.05) is 13.8 Å². The van der Waals surface area contributed by atoms with Gasteiger partial charge in [0.15, 0.2) is 5.79 Å². The third-order valence-electron chi connectivity index (χ3n) is 2.96. The average molecular weight is 315 g/mol. The molecule has 0 unspecified atom stereocenters. The first-order chi connectivity index (χ1) is 8.35. The Kier molecular flexibility index (Phi) is 5.91. The van der Waals surface area contributed by atoms with Crippen molar-refractivity contribution < 1.29 is 9.47 Å². The van der Waals surface area contributed by atoms with Gasteiger partial charge in [0.25, 0.3) is 0 Å². The van der Waals surface area contributed by atoms with Crippen LogP contribution in [0.3, 0.4) is 0 Å². The summed E-state index contributed by atoms with van der Waals surface area (Å²) in [5.41, 5.74) is 1.24. The van der Waals surface area contributed by atoms with E-state index in [0.29, 0.717) is 5.92 Å². The van der Waals surface area contributed by atoms with Crippen molar-refractivity contribution in [1.29, 1.82) is 0 Å². The molecule has 0 amide bonds. The van der Waals surface area contributed by atoms with Gasteiger partial charge in [0.2, 0.25) is 0 Å². The molecule has 0 radical (unpaired) electrons. The maximum atomic E-state index is 5.90. The standard InChI is InChI=1S/C15H23BrO2/c1-11(7-6-10-16)8-9-12(2)14-13(3)17-15(4,5)18-14/h9,11,13-14H,8,10H2,1-5H3/b12-9+/t11-,13+,14+/m0/s1. The first kappa shape index (κ1) is 15.8. The van der Waals surface area contributed by atoms with Gasteiger partial charge in [-0.15, -0.1) is 0 Å². The molecule has 3 atom stereocenters. The number of hydrogen-bond donors (Lipinski definition) is 0. The van der Waals surface area contributed by atoms with Crippen LogP contribution < -0.4 is 0 Å². The summed E-state index contributed by atoms with van der Waals surface area (Å²) < 4.78 is 11.7. The lowest BCUT2D eigenvalue weighted by molar-refractivity contribution is -0.142. The highest BCUT2D eigenvalue weighted by atomic mass is 79.9. The van der Waals surface area contributed by atoms with Crippen LogP contribution in [0.4, 0.5) is 0 Å². The van der Waals surface area contributed by atoms with Gasteiger partial charge in [-0.1, -0.05) is 40.8 Å². The van der Waals surface area contributed by atoms with Crippen molar-refractivity contribution in [3.8, 4) is 11.8 Å². The molecule has 18 heavy (non-hydrogen) atoms. The van der Waals surface area contributed by atoms with Crippen molar-refractivity contribution in [2.75, 3.05) is 5.33 Å². The van der Waals surface area contributed by atoms with Crippen molar-refractivity contribution in [1.82, 2.24) is 0 Å². The lowest BCUT2D eigenvalue weighted by atomic mass is 10.0. The molecule has 2 nitrogen and oxygen atoms in total. The number of halogens is 1. The van der Waals surface area contributed by atoms with Crippen LogP contribution in [0, 0.1) is 17.8 Å². The van der Waals surface area contributed by atoms with E-state index in [2.05, 4.69) is 54.6 Å². The minimum atomic E-state index is -0.472. The van der Waals surface area contributed by atoms with Crippen molar-refractivity contribution in [2.24, 2.45) is 5.92 Å². The Morgan fingerprint density at radius 3 is 2.61 bits per heavy atom. The SMILES string of the molecule is C/C(=C\C[C@@H](C)C#CCBr)[C@H]1OC(C)(C)O[C@@H]1C. The second-order valence-corrected chi connectivity index (χ2v) is 5.86. The second-order valence-electron chi connectivity index (χ2n) is 5.30. The Balaban J connectivity index is 2.56. The van der Waals surface area contributed by atoms with Gasteiger partial charge < -0.3 is 9.47 Å². The zero-order chi connectivity index (χ0) is 13.8. The molecule has 1 saturated heterocycles.